The molecule has 0 radical (unpaired) electrons. The van der Waals surface area contributed by atoms with Crippen LogP contribution in [0.5, 0.6) is 0 Å². The summed E-state index contributed by atoms with van der Waals surface area (Å²) < 4.78 is 3.34. The van der Waals surface area contributed by atoms with E-state index in [9.17, 15) is 9.59 Å². The molecule has 1 aromatic carbocycles. The van der Waals surface area contributed by atoms with Crippen molar-refractivity contribution in [1.82, 2.24) is 19.6 Å². The third-order valence-electron chi connectivity index (χ3n) is 3.91. The standard InChI is InChI=1S/C19H20N6O2/c1-4-17(26)21-14-7-5-6-13(10-14)11-18(27)22-15-12-24(2)23-19(15)16-8-9-20-25(16)3/h4-10,12H,1,11H2,2-3H3,(H,21,26)(H,22,27). The van der Waals surface area contributed by atoms with Crippen LogP contribution in [0.2, 0.25) is 0 Å². The predicted molar refractivity (Wildman–Crippen MR) is 103 cm³/mol. The van der Waals surface area contributed by atoms with Gasteiger partial charge in [-0.25, -0.2) is 0 Å². The first-order valence-electron chi connectivity index (χ1n) is 8.30. The zero-order valence-corrected chi connectivity index (χ0v) is 15.1. The van der Waals surface area contributed by atoms with Crippen LogP contribution in [-0.2, 0) is 30.1 Å². The molecule has 3 rings (SSSR count). The fourth-order valence-electron chi connectivity index (χ4n) is 2.71. The van der Waals surface area contributed by atoms with E-state index in [-0.39, 0.29) is 18.2 Å². The molecule has 0 saturated carbocycles. The Kier molecular flexibility index (Phi) is 5.16. The Hall–Kier alpha value is -3.68. The van der Waals surface area contributed by atoms with Gasteiger partial charge in [-0.3, -0.25) is 19.0 Å². The highest BCUT2D eigenvalue weighted by Gasteiger charge is 2.16. The summed E-state index contributed by atoms with van der Waals surface area (Å²) in [4.78, 5) is 23.9. The number of hydrogen-bond acceptors (Lipinski definition) is 4. The van der Waals surface area contributed by atoms with Gasteiger partial charge in [0.2, 0.25) is 11.8 Å². The monoisotopic (exact) mass is 364 g/mol. The van der Waals surface area contributed by atoms with E-state index >= 15 is 0 Å². The fraction of sp³-hybridized carbons (Fsp3) is 0.158. The van der Waals surface area contributed by atoms with E-state index in [0.717, 1.165) is 11.3 Å². The maximum Gasteiger partial charge on any atom is 0.247 e. The highest BCUT2D eigenvalue weighted by Crippen LogP contribution is 2.25. The van der Waals surface area contributed by atoms with Crippen molar-refractivity contribution < 1.29 is 9.59 Å². The number of carbonyl (C=O) groups excluding carboxylic acids is 2. The van der Waals surface area contributed by atoms with Crippen molar-refractivity contribution in [3.05, 3.63) is 60.9 Å². The Labute approximate surface area is 156 Å². The molecule has 0 spiro atoms. The molecule has 0 aliphatic carbocycles. The highest BCUT2D eigenvalue weighted by atomic mass is 16.2. The van der Waals surface area contributed by atoms with Gasteiger partial charge < -0.3 is 10.6 Å². The molecule has 2 N–H and O–H groups in total. The van der Waals surface area contributed by atoms with E-state index in [1.165, 1.54) is 6.08 Å². The minimum atomic E-state index is -0.298. The van der Waals surface area contributed by atoms with Gasteiger partial charge in [-0.15, -0.1) is 0 Å². The Balaban J connectivity index is 1.74. The summed E-state index contributed by atoms with van der Waals surface area (Å²) in [7, 11) is 3.61. The van der Waals surface area contributed by atoms with Gasteiger partial charge >= 0.3 is 0 Å². The molecule has 0 unspecified atom stereocenters. The zero-order valence-electron chi connectivity index (χ0n) is 15.1. The number of benzene rings is 1. The summed E-state index contributed by atoms with van der Waals surface area (Å²) in [5.74, 6) is -0.480. The molecule has 0 bridgehead atoms. The van der Waals surface area contributed by atoms with Gasteiger partial charge in [0.15, 0.2) is 0 Å². The van der Waals surface area contributed by atoms with Crippen LogP contribution in [0.1, 0.15) is 5.56 Å². The number of nitrogens with one attached hydrogen (secondary N) is 2. The van der Waals surface area contributed by atoms with Gasteiger partial charge in [0.1, 0.15) is 5.69 Å². The Morgan fingerprint density at radius 2 is 2.04 bits per heavy atom. The molecule has 3 aromatic rings. The first-order valence-corrected chi connectivity index (χ1v) is 8.30. The summed E-state index contributed by atoms with van der Waals surface area (Å²) in [6.45, 7) is 3.42. The molecule has 138 valence electrons. The second-order valence-electron chi connectivity index (χ2n) is 6.02. The van der Waals surface area contributed by atoms with Crippen LogP contribution in [-0.4, -0.2) is 31.4 Å². The van der Waals surface area contributed by atoms with Crippen LogP contribution in [0.3, 0.4) is 0 Å². The second kappa shape index (κ2) is 7.69. The largest absolute Gasteiger partial charge is 0.323 e. The predicted octanol–water partition coefficient (Wildman–Crippen LogP) is 2.13. The molecule has 8 nitrogen and oxygen atoms in total. The summed E-state index contributed by atoms with van der Waals surface area (Å²) in [6, 6.07) is 8.96. The Morgan fingerprint density at radius 1 is 1.22 bits per heavy atom. The van der Waals surface area contributed by atoms with E-state index in [1.54, 1.807) is 47.0 Å². The van der Waals surface area contributed by atoms with Crippen molar-refractivity contribution in [3.8, 4) is 11.4 Å². The fourth-order valence-corrected chi connectivity index (χ4v) is 2.71. The third-order valence-corrected chi connectivity index (χ3v) is 3.91. The highest BCUT2D eigenvalue weighted by molar-refractivity contribution is 5.99. The Morgan fingerprint density at radius 3 is 2.74 bits per heavy atom. The number of aromatic nitrogens is 4. The van der Waals surface area contributed by atoms with Crippen molar-refractivity contribution >= 4 is 23.2 Å². The molecule has 8 heteroatoms. The molecule has 0 saturated heterocycles. The SMILES string of the molecule is C=CC(=O)Nc1cccc(CC(=O)Nc2cn(C)nc2-c2ccnn2C)c1. The molecular weight excluding hydrogens is 344 g/mol. The van der Waals surface area contributed by atoms with Crippen molar-refractivity contribution in [3.63, 3.8) is 0 Å². The maximum absolute atomic E-state index is 12.5. The smallest absolute Gasteiger partial charge is 0.247 e. The van der Waals surface area contributed by atoms with E-state index in [1.807, 2.05) is 19.2 Å². The van der Waals surface area contributed by atoms with Gasteiger partial charge in [-0.05, 0) is 29.8 Å². The van der Waals surface area contributed by atoms with Crippen LogP contribution < -0.4 is 10.6 Å². The van der Waals surface area contributed by atoms with Crippen molar-refractivity contribution in [2.45, 2.75) is 6.42 Å². The van der Waals surface area contributed by atoms with Gasteiger partial charge in [0.05, 0.1) is 17.8 Å². The zero-order chi connectivity index (χ0) is 19.4. The second-order valence-corrected chi connectivity index (χ2v) is 6.02. The number of anilines is 2. The van der Waals surface area contributed by atoms with Crippen molar-refractivity contribution in [1.29, 1.82) is 0 Å². The minimum Gasteiger partial charge on any atom is -0.323 e. The summed E-state index contributed by atoms with van der Waals surface area (Å²) in [6.07, 6.45) is 4.79. The first kappa shape index (κ1) is 18.1. The lowest BCUT2D eigenvalue weighted by Crippen LogP contribution is -2.15. The van der Waals surface area contributed by atoms with Gasteiger partial charge in [-0.2, -0.15) is 10.2 Å². The third kappa shape index (κ3) is 4.30. The van der Waals surface area contributed by atoms with Crippen molar-refractivity contribution in [2.24, 2.45) is 14.1 Å². The topological polar surface area (TPSA) is 93.8 Å². The number of rotatable bonds is 6. The molecular formula is C19H20N6O2. The normalized spacial score (nSPS) is 10.4. The summed E-state index contributed by atoms with van der Waals surface area (Å²) in [5.41, 5.74) is 3.46. The first-order chi connectivity index (χ1) is 13.0. The molecule has 0 aliphatic rings. The van der Waals surface area contributed by atoms with E-state index in [0.29, 0.717) is 17.1 Å². The summed E-state index contributed by atoms with van der Waals surface area (Å²) in [5, 5.41) is 14.1. The number of nitrogens with zero attached hydrogens (tertiary/aromatic N) is 4. The van der Waals surface area contributed by atoms with Gasteiger partial charge in [0.25, 0.3) is 0 Å². The van der Waals surface area contributed by atoms with Crippen LogP contribution >= 0.6 is 0 Å². The molecule has 27 heavy (non-hydrogen) atoms. The average molecular weight is 364 g/mol. The van der Waals surface area contributed by atoms with Crippen LogP contribution in [0, 0.1) is 0 Å². The van der Waals surface area contributed by atoms with Gasteiger partial charge in [-0.1, -0.05) is 18.7 Å². The lowest BCUT2D eigenvalue weighted by atomic mass is 10.1. The summed E-state index contributed by atoms with van der Waals surface area (Å²) >= 11 is 0. The quantitative estimate of drug-likeness (QED) is 0.655. The number of aryl methyl sites for hydroxylation is 2. The Bertz CT molecular complexity index is 1000. The van der Waals surface area contributed by atoms with E-state index in [2.05, 4.69) is 27.4 Å². The van der Waals surface area contributed by atoms with Crippen molar-refractivity contribution in [2.75, 3.05) is 10.6 Å². The minimum absolute atomic E-state index is 0.164. The molecule has 2 aromatic heterocycles. The van der Waals surface area contributed by atoms with Crippen LogP contribution in [0.25, 0.3) is 11.4 Å². The molecule has 0 fully saturated rings. The molecule has 2 heterocycles. The van der Waals surface area contributed by atoms with Crippen LogP contribution in [0.4, 0.5) is 11.4 Å². The number of amides is 2. The lowest BCUT2D eigenvalue weighted by molar-refractivity contribution is -0.115. The maximum atomic E-state index is 12.5. The molecule has 0 aliphatic heterocycles. The molecule has 0 atom stereocenters. The lowest BCUT2D eigenvalue weighted by Gasteiger charge is -2.08. The average Bonchev–Trinajstić information content (AvgIpc) is 3.20. The number of carbonyl (C=O) groups is 2. The molecule has 2 amide bonds. The van der Waals surface area contributed by atoms with E-state index < -0.39 is 0 Å². The number of hydrogen-bond donors (Lipinski definition) is 2. The van der Waals surface area contributed by atoms with Crippen LogP contribution in [0.15, 0.2) is 55.4 Å². The van der Waals surface area contributed by atoms with E-state index in [4.69, 9.17) is 0 Å². The van der Waals surface area contributed by atoms with Gasteiger partial charge in [0, 0.05) is 32.2 Å².